The first-order valence-electron chi connectivity index (χ1n) is 21.4. The second kappa shape index (κ2) is 26.4. The van der Waals surface area contributed by atoms with Gasteiger partial charge in [0.15, 0.2) is 5.88 Å². The quantitative estimate of drug-likeness (QED) is 0.0222. The molecule has 4 rings (SSSR count). The molecule has 12 heteroatoms. The van der Waals surface area contributed by atoms with E-state index in [9.17, 15) is 9.59 Å². The number of hydrazine groups is 2. The fourth-order valence-electron chi connectivity index (χ4n) is 6.77. The number of benzene rings is 2. The molecular weight excluding hydrogens is 745 g/mol. The van der Waals surface area contributed by atoms with Crippen molar-refractivity contribution in [1.29, 1.82) is 0 Å². The molecule has 0 aromatic heterocycles. The number of unbranched alkanes of at least 4 members (excludes halogenated alkanes) is 2. The Kier molecular flexibility index (Phi) is 21.0. The highest BCUT2D eigenvalue weighted by molar-refractivity contribution is 5.93. The summed E-state index contributed by atoms with van der Waals surface area (Å²) >= 11 is 0. The molecule has 322 valence electrons. The molecule has 2 amide bonds. The highest BCUT2D eigenvalue weighted by Gasteiger charge is 2.53. The number of dihydropyridines is 1. The van der Waals surface area contributed by atoms with Crippen LogP contribution >= 0.6 is 0 Å². The summed E-state index contributed by atoms with van der Waals surface area (Å²) in [5.41, 5.74) is 4.15. The van der Waals surface area contributed by atoms with Gasteiger partial charge in [-0.15, -0.1) is 5.84 Å². The van der Waals surface area contributed by atoms with E-state index in [1.165, 1.54) is 11.1 Å². The number of hydrazone groups is 1. The SMILES string of the molecule is C/C=C/C=C(\C)C(=O)NCCCOCCOCCOCCCNC(=O)CCCC[N+]1=C(C(C)(C)CCCCOC2=CC(c3ccccc3)=CC(c3ccccc3)N2)N1N. The van der Waals surface area contributed by atoms with Gasteiger partial charge in [0.05, 0.1) is 44.5 Å². The van der Waals surface area contributed by atoms with Gasteiger partial charge in [-0.05, 0) is 101 Å². The summed E-state index contributed by atoms with van der Waals surface area (Å²) in [5.74, 6) is 8.29. The van der Waals surface area contributed by atoms with Crippen LogP contribution < -0.4 is 21.8 Å². The maximum absolute atomic E-state index is 12.4. The van der Waals surface area contributed by atoms with E-state index in [1.54, 1.807) is 18.1 Å². The van der Waals surface area contributed by atoms with Gasteiger partial charge in [0, 0.05) is 44.4 Å². The zero-order valence-corrected chi connectivity index (χ0v) is 35.9. The third-order valence-corrected chi connectivity index (χ3v) is 10.1. The second-order valence-corrected chi connectivity index (χ2v) is 15.5. The van der Waals surface area contributed by atoms with Gasteiger partial charge >= 0.3 is 5.84 Å². The third kappa shape index (κ3) is 17.6. The molecule has 0 saturated carbocycles. The fourth-order valence-corrected chi connectivity index (χ4v) is 6.77. The Labute approximate surface area is 352 Å². The number of carbonyl (C=O) groups is 2. The van der Waals surface area contributed by atoms with Crippen molar-refractivity contribution in [3.63, 3.8) is 0 Å². The van der Waals surface area contributed by atoms with Gasteiger partial charge in [-0.3, -0.25) is 9.59 Å². The predicted molar refractivity (Wildman–Crippen MR) is 235 cm³/mol. The number of ether oxygens (including phenoxy) is 4. The molecule has 0 fully saturated rings. The number of hydrogen-bond acceptors (Lipinski definition) is 9. The van der Waals surface area contributed by atoms with Crippen molar-refractivity contribution in [2.24, 2.45) is 11.3 Å². The molecule has 2 heterocycles. The smallest absolute Gasteiger partial charge is 0.356 e. The molecule has 2 aliphatic heterocycles. The number of nitrogens with one attached hydrogen (secondary N) is 3. The number of rotatable bonds is 30. The average molecular weight is 814 g/mol. The molecule has 2 aromatic carbocycles. The van der Waals surface area contributed by atoms with E-state index in [2.05, 4.69) is 95.2 Å². The van der Waals surface area contributed by atoms with Gasteiger partial charge in [-0.2, -0.15) is 0 Å². The Morgan fingerprint density at radius 1 is 0.831 bits per heavy atom. The largest absolute Gasteiger partial charge is 0.479 e. The van der Waals surface area contributed by atoms with E-state index < -0.39 is 0 Å². The highest BCUT2D eigenvalue weighted by Crippen LogP contribution is 2.32. The van der Waals surface area contributed by atoms with Crippen LogP contribution in [0.25, 0.3) is 5.57 Å². The lowest BCUT2D eigenvalue weighted by atomic mass is 9.87. The summed E-state index contributed by atoms with van der Waals surface area (Å²) in [6.45, 7) is 13.9. The van der Waals surface area contributed by atoms with Gasteiger partial charge < -0.3 is 34.9 Å². The Bertz CT molecular complexity index is 1720. The standard InChI is InChI=1S/C47H68N6O6/c1-5-6-19-38(2)45(55)50-27-18-30-57-33-35-58-34-32-56-29-17-26-49-43(54)24-13-15-28-52-46(53(52)48)47(3,4)25-14-16-31-59-44-37-41(39-20-9-7-10-21-39)36-42(51-44)40-22-11-8-12-23-40/h5-12,19-23,36-37,42,51H,13-18,24-35,48H2,1-4H3,(H-,49,50,54,55)/p+1/b6-5+,38-19+. The molecular formula is C47H69N6O6+. The number of hydrogen-bond donors (Lipinski definition) is 4. The second-order valence-electron chi connectivity index (χ2n) is 15.5. The monoisotopic (exact) mass is 814 g/mol. The van der Waals surface area contributed by atoms with Gasteiger partial charge in [0.1, 0.15) is 6.54 Å². The number of nitrogens with zero attached hydrogens (tertiary/aromatic N) is 2. The van der Waals surface area contributed by atoms with Crippen molar-refractivity contribution in [2.45, 2.75) is 85.1 Å². The van der Waals surface area contributed by atoms with Gasteiger partial charge in [0.2, 0.25) is 11.8 Å². The molecule has 0 aliphatic carbocycles. The number of allylic oxidation sites excluding steroid dienone is 5. The topological polar surface area (TPSA) is 139 Å². The van der Waals surface area contributed by atoms with Crippen molar-refractivity contribution in [1.82, 2.24) is 21.1 Å². The van der Waals surface area contributed by atoms with E-state index in [4.69, 9.17) is 24.8 Å². The zero-order chi connectivity index (χ0) is 42.1. The number of amidine groups is 1. The molecule has 0 saturated heterocycles. The van der Waals surface area contributed by atoms with E-state index in [1.807, 2.05) is 31.2 Å². The first-order chi connectivity index (χ1) is 28.7. The van der Waals surface area contributed by atoms with Crippen LogP contribution in [0.1, 0.15) is 96.2 Å². The van der Waals surface area contributed by atoms with E-state index in [0.717, 1.165) is 68.8 Å². The molecule has 0 radical (unpaired) electrons. The molecule has 0 bridgehead atoms. The normalized spacial score (nSPS) is 15.5. The Morgan fingerprint density at radius 3 is 2.15 bits per heavy atom. The first kappa shape index (κ1) is 46.9. The molecule has 12 nitrogen and oxygen atoms in total. The van der Waals surface area contributed by atoms with Crippen LogP contribution in [-0.4, -0.2) is 93.3 Å². The summed E-state index contributed by atoms with van der Waals surface area (Å²) in [5, 5.41) is 11.2. The summed E-state index contributed by atoms with van der Waals surface area (Å²) in [4.78, 5) is 24.3. The number of carbonyl (C=O) groups excluding carboxylic acids is 2. The Balaban J connectivity index is 0.977. The maximum atomic E-state index is 12.4. The van der Waals surface area contributed by atoms with Crippen molar-refractivity contribution in [2.75, 3.05) is 65.9 Å². The molecule has 0 spiro atoms. The molecule has 1 atom stereocenters. The van der Waals surface area contributed by atoms with Crippen molar-refractivity contribution < 1.29 is 33.2 Å². The van der Waals surface area contributed by atoms with E-state index in [-0.39, 0.29) is 23.3 Å². The van der Waals surface area contributed by atoms with Crippen LogP contribution in [0.5, 0.6) is 0 Å². The van der Waals surface area contributed by atoms with Crippen LogP contribution in [0.15, 0.2) is 102 Å². The van der Waals surface area contributed by atoms with E-state index in [0.29, 0.717) is 71.3 Å². The van der Waals surface area contributed by atoms with Gasteiger partial charge in [0.25, 0.3) is 0 Å². The minimum atomic E-state index is -0.0604. The van der Waals surface area contributed by atoms with Crippen LogP contribution in [0.4, 0.5) is 0 Å². The fraction of sp³-hybridized carbons (Fsp3) is 0.511. The Morgan fingerprint density at radius 2 is 1.47 bits per heavy atom. The summed E-state index contributed by atoms with van der Waals surface area (Å²) in [6.07, 6.45) is 16.5. The average Bonchev–Trinajstić information content (AvgIpc) is 3.92. The highest BCUT2D eigenvalue weighted by atomic mass is 16.5. The predicted octanol–water partition coefficient (Wildman–Crippen LogP) is 6.74. The zero-order valence-electron chi connectivity index (χ0n) is 35.9. The molecule has 5 N–H and O–H groups in total. The van der Waals surface area contributed by atoms with Gasteiger partial charge in [-0.1, -0.05) is 83.6 Å². The Hall–Kier alpha value is -4.75. The number of amides is 2. The summed E-state index contributed by atoms with van der Waals surface area (Å²) in [6, 6.07) is 20.9. The van der Waals surface area contributed by atoms with Crippen molar-refractivity contribution in [3.8, 4) is 0 Å². The lowest BCUT2D eigenvalue weighted by molar-refractivity contribution is -0.573. The van der Waals surface area contributed by atoms with Crippen LogP contribution in [0.2, 0.25) is 0 Å². The van der Waals surface area contributed by atoms with Crippen LogP contribution in [0, 0.1) is 5.41 Å². The van der Waals surface area contributed by atoms with Crippen molar-refractivity contribution >= 4 is 23.2 Å². The molecule has 2 aliphatic rings. The minimum absolute atomic E-state index is 0.0418. The molecule has 1 unspecified atom stereocenters. The van der Waals surface area contributed by atoms with Crippen LogP contribution in [0.3, 0.4) is 0 Å². The van der Waals surface area contributed by atoms with Crippen LogP contribution in [-0.2, 0) is 28.5 Å². The number of nitrogens with two attached hydrogens (primary N) is 1. The van der Waals surface area contributed by atoms with Gasteiger partial charge in [-0.25, -0.2) is 0 Å². The first-order valence-corrected chi connectivity index (χ1v) is 21.4. The minimum Gasteiger partial charge on any atom is -0.479 e. The molecule has 59 heavy (non-hydrogen) atoms. The van der Waals surface area contributed by atoms with E-state index >= 15 is 0 Å². The summed E-state index contributed by atoms with van der Waals surface area (Å²) in [7, 11) is 0. The lowest BCUT2D eigenvalue weighted by Gasteiger charge is -2.25. The summed E-state index contributed by atoms with van der Waals surface area (Å²) < 4.78 is 25.1. The van der Waals surface area contributed by atoms with Crippen molar-refractivity contribution in [3.05, 3.63) is 114 Å². The maximum Gasteiger partial charge on any atom is 0.356 e. The lowest BCUT2D eigenvalue weighted by Crippen LogP contribution is -2.28. The molecule has 2 aromatic rings. The third-order valence-electron chi connectivity index (χ3n) is 10.1.